The number of aliphatic imine (C=N–C) groups is 1. The van der Waals surface area contributed by atoms with Gasteiger partial charge in [0.1, 0.15) is 0 Å². The van der Waals surface area contributed by atoms with E-state index >= 15 is 0 Å². The predicted octanol–water partition coefficient (Wildman–Crippen LogP) is 0.879. The number of imide groups is 1. The van der Waals surface area contributed by atoms with Gasteiger partial charge in [0.05, 0.1) is 6.54 Å². The lowest BCUT2D eigenvalue weighted by molar-refractivity contribution is -0.147. The van der Waals surface area contributed by atoms with Gasteiger partial charge in [-0.25, -0.2) is 0 Å². The van der Waals surface area contributed by atoms with Crippen LogP contribution in [-0.4, -0.2) is 47.8 Å². The van der Waals surface area contributed by atoms with E-state index in [2.05, 4.69) is 36.4 Å². The van der Waals surface area contributed by atoms with E-state index in [0.29, 0.717) is 38.3 Å². The van der Waals surface area contributed by atoms with E-state index in [9.17, 15) is 9.59 Å². The van der Waals surface area contributed by atoms with Crippen molar-refractivity contribution in [2.75, 3.05) is 19.6 Å². The van der Waals surface area contributed by atoms with Gasteiger partial charge in [-0.3, -0.25) is 19.5 Å². The summed E-state index contributed by atoms with van der Waals surface area (Å²) in [7, 11) is 0. The maximum atomic E-state index is 11.7. The van der Waals surface area contributed by atoms with E-state index in [1.165, 1.54) is 4.90 Å². The molecule has 1 saturated heterocycles. The molecule has 1 heterocycles. The van der Waals surface area contributed by atoms with Crippen molar-refractivity contribution >= 4 is 17.8 Å². The minimum absolute atomic E-state index is 0.0785. The molecular weight excluding hydrogens is 256 g/mol. The van der Waals surface area contributed by atoms with Gasteiger partial charge in [0.15, 0.2) is 5.96 Å². The molecule has 0 aromatic rings. The Balaban J connectivity index is 2.54. The molecular formula is C14H26N4O2. The van der Waals surface area contributed by atoms with Crippen LogP contribution in [0.3, 0.4) is 0 Å². The Morgan fingerprint density at radius 1 is 1.25 bits per heavy atom. The highest BCUT2D eigenvalue weighted by Gasteiger charge is 2.25. The number of carbonyl (C=O) groups excluding carboxylic acids is 2. The van der Waals surface area contributed by atoms with E-state index < -0.39 is 0 Å². The third-order valence-corrected chi connectivity index (χ3v) is 2.81. The number of amides is 2. The Hall–Kier alpha value is -1.59. The number of piperidine rings is 1. The molecule has 0 atom stereocenters. The van der Waals surface area contributed by atoms with Crippen LogP contribution in [0.15, 0.2) is 4.99 Å². The van der Waals surface area contributed by atoms with Gasteiger partial charge in [-0.2, -0.15) is 0 Å². The minimum atomic E-state index is -0.0855. The van der Waals surface area contributed by atoms with Crippen molar-refractivity contribution in [3.63, 3.8) is 0 Å². The van der Waals surface area contributed by atoms with Gasteiger partial charge in [-0.1, -0.05) is 0 Å². The Labute approximate surface area is 121 Å². The summed E-state index contributed by atoms with van der Waals surface area (Å²) < 4.78 is 0. The molecule has 0 spiro atoms. The van der Waals surface area contributed by atoms with Gasteiger partial charge in [-0.15, -0.1) is 0 Å². The third-order valence-electron chi connectivity index (χ3n) is 2.81. The van der Waals surface area contributed by atoms with Crippen LogP contribution in [-0.2, 0) is 9.59 Å². The summed E-state index contributed by atoms with van der Waals surface area (Å²) in [5.41, 5.74) is -0.0855. The Morgan fingerprint density at radius 2 is 1.85 bits per heavy atom. The number of guanidine groups is 1. The summed E-state index contributed by atoms with van der Waals surface area (Å²) in [4.78, 5) is 29.1. The zero-order valence-corrected chi connectivity index (χ0v) is 13.0. The van der Waals surface area contributed by atoms with Crippen molar-refractivity contribution in [1.29, 1.82) is 0 Å². The van der Waals surface area contributed by atoms with Crippen LogP contribution in [0.5, 0.6) is 0 Å². The van der Waals surface area contributed by atoms with Crippen LogP contribution in [0.4, 0.5) is 0 Å². The second-order valence-electron chi connectivity index (χ2n) is 5.93. The molecule has 1 fully saturated rings. The second-order valence-corrected chi connectivity index (χ2v) is 5.93. The zero-order chi connectivity index (χ0) is 15.2. The SMILES string of the molecule is CCNC(=NCCN1C(=O)CCCC1=O)NC(C)(C)C. The molecule has 0 saturated carbocycles. The summed E-state index contributed by atoms with van der Waals surface area (Å²) in [5, 5.41) is 6.42. The molecule has 20 heavy (non-hydrogen) atoms. The zero-order valence-electron chi connectivity index (χ0n) is 13.0. The number of hydrogen-bond donors (Lipinski definition) is 2. The second kappa shape index (κ2) is 7.26. The number of rotatable bonds is 4. The van der Waals surface area contributed by atoms with Gasteiger partial charge in [0, 0.05) is 31.5 Å². The summed E-state index contributed by atoms with van der Waals surface area (Å²) in [5.74, 6) is 0.548. The quantitative estimate of drug-likeness (QED) is 0.456. The number of likely N-dealkylation sites (tertiary alicyclic amines) is 1. The molecule has 6 nitrogen and oxygen atoms in total. The molecule has 0 aromatic heterocycles. The molecule has 1 rings (SSSR count). The standard InChI is InChI=1S/C14H26N4O2/c1-5-15-13(17-14(2,3)4)16-9-10-18-11(19)7-6-8-12(18)20/h5-10H2,1-4H3,(H2,15,16,17). The first-order chi connectivity index (χ1) is 9.33. The summed E-state index contributed by atoms with van der Waals surface area (Å²) >= 11 is 0. The molecule has 1 aliphatic rings. The first-order valence-electron chi connectivity index (χ1n) is 7.23. The van der Waals surface area contributed by atoms with Crippen LogP contribution < -0.4 is 10.6 Å². The van der Waals surface area contributed by atoms with E-state index in [1.807, 2.05) is 6.92 Å². The molecule has 0 aromatic carbocycles. The summed E-state index contributed by atoms with van der Waals surface area (Å²) in [6.45, 7) is 9.70. The molecule has 0 unspecified atom stereocenters. The van der Waals surface area contributed by atoms with Gasteiger partial charge >= 0.3 is 0 Å². The molecule has 0 radical (unpaired) electrons. The van der Waals surface area contributed by atoms with E-state index in [-0.39, 0.29) is 17.4 Å². The number of carbonyl (C=O) groups is 2. The number of nitrogens with zero attached hydrogens (tertiary/aromatic N) is 2. The van der Waals surface area contributed by atoms with Gasteiger partial charge in [-0.05, 0) is 34.1 Å². The van der Waals surface area contributed by atoms with E-state index in [4.69, 9.17) is 0 Å². The average molecular weight is 282 g/mol. The van der Waals surface area contributed by atoms with Gasteiger partial charge < -0.3 is 10.6 Å². The average Bonchev–Trinajstić information content (AvgIpc) is 2.31. The van der Waals surface area contributed by atoms with Crippen LogP contribution in [0.2, 0.25) is 0 Å². The lowest BCUT2D eigenvalue weighted by atomic mass is 10.1. The highest BCUT2D eigenvalue weighted by Crippen LogP contribution is 2.11. The van der Waals surface area contributed by atoms with Crippen molar-refractivity contribution in [2.24, 2.45) is 4.99 Å². The van der Waals surface area contributed by atoms with Crippen molar-refractivity contribution < 1.29 is 9.59 Å². The Morgan fingerprint density at radius 3 is 2.35 bits per heavy atom. The maximum Gasteiger partial charge on any atom is 0.229 e. The molecule has 6 heteroatoms. The van der Waals surface area contributed by atoms with Gasteiger partial charge in [0.25, 0.3) is 0 Å². The number of nitrogens with one attached hydrogen (secondary N) is 2. The van der Waals surface area contributed by atoms with Crippen molar-refractivity contribution in [3.8, 4) is 0 Å². The normalized spacial score (nSPS) is 17.4. The largest absolute Gasteiger partial charge is 0.357 e. The first-order valence-corrected chi connectivity index (χ1v) is 7.23. The van der Waals surface area contributed by atoms with Gasteiger partial charge in [0.2, 0.25) is 11.8 Å². The fraction of sp³-hybridized carbons (Fsp3) is 0.786. The lowest BCUT2D eigenvalue weighted by Gasteiger charge is -2.25. The molecule has 2 N–H and O–H groups in total. The van der Waals surface area contributed by atoms with E-state index in [0.717, 1.165) is 6.54 Å². The molecule has 114 valence electrons. The Bertz CT molecular complexity index is 369. The molecule has 1 aliphatic heterocycles. The monoisotopic (exact) mass is 282 g/mol. The van der Waals surface area contributed by atoms with E-state index in [1.54, 1.807) is 0 Å². The van der Waals surface area contributed by atoms with Crippen LogP contribution >= 0.6 is 0 Å². The van der Waals surface area contributed by atoms with Crippen molar-refractivity contribution in [3.05, 3.63) is 0 Å². The van der Waals surface area contributed by atoms with Crippen molar-refractivity contribution in [1.82, 2.24) is 15.5 Å². The Kier molecular flexibility index (Phi) is 5.98. The molecule has 0 aliphatic carbocycles. The lowest BCUT2D eigenvalue weighted by Crippen LogP contribution is -2.48. The highest BCUT2D eigenvalue weighted by molar-refractivity contribution is 5.97. The maximum absolute atomic E-state index is 11.7. The van der Waals surface area contributed by atoms with Crippen LogP contribution in [0.1, 0.15) is 47.0 Å². The number of hydrogen-bond acceptors (Lipinski definition) is 3. The third kappa shape index (κ3) is 5.59. The van der Waals surface area contributed by atoms with Crippen molar-refractivity contribution in [2.45, 2.75) is 52.5 Å². The smallest absolute Gasteiger partial charge is 0.229 e. The predicted molar refractivity (Wildman–Crippen MR) is 79.4 cm³/mol. The first kappa shape index (κ1) is 16.5. The fourth-order valence-corrected chi connectivity index (χ4v) is 1.97. The topological polar surface area (TPSA) is 73.8 Å². The fourth-order valence-electron chi connectivity index (χ4n) is 1.97. The van der Waals surface area contributed by atoms with Crippen LogP contribution in [0, 0.1) is 0 Å². The molecule has 2 amide bonds. The summed E-state index contributed by atoms with van der Waals surface area (Å²) in [6, 6.07) is 0. The summed E-state index contributed by atoms with van der Waals surface area (Å²) in [6.07, 6.45) is 1.61. The minimum Gasteiger partial charge on any atom is -0.357 e. The highest BCUT2D eigenvalue weighted by atomic mass is 16.2. The van der Waals surface area contributed by atoms with Crippen LogP contribution in [0.25, 0.3) is 0 Å². The molecule has 0 bridgehead atoms.